The fourth-order valence-electron chi connectivity index (χ4n) is 1.90. The Labute approximate surface area is 132 Å². The van der Waals surface area contributed by atoms with Crippen LogP contribution < -0.4 is 5.32 Å². The van der Waals surface area contributed by atoms with Crippen molar-refractivity contribution in [2.24, 2.45) is 0 Å². The lowest BCUT2D eigenvalue weighted by atomic mass is 10.1. The number of aryl methyl sites for hydroxylation is 1. The highest BCUT2D eigenvalue weighted by molar-refractivity contribution is 5.95. The zero-order chi connectivity index (χ0) is 16.8. The third kappa shape index (κ3) is 4.60. The largest absolute Gasteiger partial charge is 0.452 e. The monoisotopic (exact) mass is 319 g/mol. The highest BCUT2D eigenvalue weighted by Gasteiger charge is 2.13. The van der Waals surface area contributed by atoms with E-state index in [4.69, 9.17) is 4.74 Å². The summed E-state index contributed by atoms with van der Waals surface area (Å²) in [5.41, 5.74) is 1.49. The molecule has 0 aliphatic rings. The second kappa shape index (κ2) is 7.49. The molecule has 1 N–H and O–H groups in total. The van der Waals surface area contributed by atoms with Gasteiger partial charge in [0.05, 0.1) is 5.56 Å². The molecule has 2 aromatic rings. The minimum absolute atomic E-state index is 0.162. The summed E-state index contributed by atoms with van der Waals surface area (Å²) in [6.45, 7) is 1.47. The van der Waals surface area contributed by atoms with Gasteiger partial charge in [0, 0.05) is 5.69 Å². The zero-order valence-corrected chi connectivity index (χ0v) is 12.4. The Balaban J connectivity index is 1.90. The first-order chi connectivity index (χ1) is 11.0. The molecule has 0 spiro atoms. The smallest absolute Gasteiger partial charge is 0.338 e. The van der Waals surface area contributed by atoms with Crippen molar-refractivity contribution >= 4 is 17.6 Å². The lowest BCUT2D eigenvalue weighted by molar-refractivity contribution is -0.119. The Morgan fingerprint density at radius 3 is 2.57 bits per heavy atom. The van der Waals surface area contributed by atoms with Crippen molar-refractivity contribution in [2.45, 2.75) is 13.3 Å². The number of carbonyl (C=O) groups is 2. The molecule has 0 saturated heterocycles. The van der Waals surface area contributed by atoms with Crippen molar-refractivity contribution in [1.29, 1.82) is 0 Å². The molecule has 0 bridgehead atoms. The summed E-state index contributed by atoms with van der Waals surface area (Å²) in [7, 11) is 0. The van der Waals surface area contributed by atoms with Crippen LogP contribution in [-0.4, -0.2) is 18.5 Å². The Bertz CT molecular complexity index is 732. The SMILES string of the molecule is CCc1cccc(NC(=O)COC(=O)c2ccc(F)c(F)c2)c1. The average molecular weight is 319 g/mol. The molecular formula is C17H15F2NO3. The predicted molar refractivity (Wildman–Crippen MR) is 81.1 cm³/mol. The van der Waals surface area contributed by atoms with Crippen LogP contribution in [0.15, 0.2) is 42.5 Å². The molecule has 0 fully saturated rings. The van der Waals surface area contributed by atoms with Crippen LogP contribution in [0.4, 0.5) is 14.5 Å². The van der Waals surface area contributed by atoms with E-state index < -0.39 is 30.1 Å². The molecule has 2 aromatic carbocycles. The highest BCUT2D eigenvalue weighted by atomic mass is 19.2. The van der Waals surface area contributed by atoms with Gasteiger partial charge in [-0.3, -0.25) is 4.79 Å². The Morgan fingerprint density at radius 2 is 1.87 bits per heavy atom. The van der Waals surface area contributed by atoms with Crippen molar-refractivity contribution in [3.8, 4) is 0 Å². The number of rotatable bonds is 5. The number of benzene rings is 2. The molecule has 0 atom stereocenters. The van der Waals surface area contributed by atoms with Crippen LogP contribution >= 0.6 is 0 Å². The van der Waals surface area contributed by atoms with Gasteiger partial charge in [0.15, 0.2) is 18.2 Å². The molecule has 0 aliphatic heterocycles. The average Bonchev–Trinajstić information content (AvgIpc) is 2.55. The number of hydrogen-bond donors (Lipinski definition) is 1. The number of anilines is 1. The molecule has 23 heavy (non-hydrogen) atoms. The normalized spacial score (nSPS) is 10.2. The fraction of sp³-hybridized carbons (Fsp3) is 0.176. The Kier molecular flexibility index (Phi) is 5.41. The Morgan fingerprint density at radius 1 is 1.09 bits per heavy atom. The first kappa shape index (κ1) is 16.6. The Hall–Kier alpha value is -2.76. The molecule has 0 aromatic heterocycles. The van der Waals surface area contributed by atoms with E-state index in [2.05, 4.69) is 5.32 Å². The zero-order valence-electron chi connectivity index (χ0n) is 12.4. The van der Waals surface area contributed by atoms with Crippen LogP contribution in [0.2, 0.25) is 0 Å². The van der Waals surface area contributed by atoms with Crippen molar-refractivity contribution in [1.82, 2.24) is 0 Å². The lowest BCUT2D eigenvalue weighted by Crippen LogP contribution is -2.21. The number of amides is 1. The van der Waals surface area contributed by atoms with Gasteiger partial charge in [0.1, 0.15) is 0 Å². The van der Waals surface area contributed by atoms with Crippen LogP contribution in [0.3, 0.4) is 0 Å². The van der Waals surface area contributed by atoms with Crippen molar-refractivity contribution in [2.75, 3.05) is 11.9 Å². The molecule has 2 rings (SSSR count). The summed E-state index contributed by atoms with van der Waals surface area (Å²) in [4.78, 5) is 23.4. The predicted octanol–water partition coefficient (Wildman–Crippen LogP) is 3.32. The van der Waals surface area contributed by atoms with Gasteiger partial charge < -0.3 is 10.1 Å². The maximum atomic E-state index is 13.0. The number of halogens is 2. The van der Waals surface area contributed by atoms with E-state index in [1.165, 1.54) is 0 Å². The highest BCUT2D eigenvalue weighted by Crippen LogP contribution is 2.12. The molecule has 6 heteroatoms. The van der Waals surface area contributed by atoms with Crippen LogP contribution in [0, 0.1) is 11.6 Å². The molecular weight excluding hydrogens is 304 g/mol. The van der Waals surface area contributed by atoms with Crippen LogP contribution in [0.25, 0.3) is 0 Å². The van der Waals surface area contributed by atoms with Crippen molar-refractivity contribution < 1.29 is 23.1 Å². The lowest BCUT2D eigenvalue weighted by Gasteiger charge is -2.08. The second-order valence-electron chi connectivity index (χ2n) is 4.81. The summed E-state index contributed by atoms with van der Waals surface area (Å²) in [5, 5.41) is 2.59. The number of hydrogen-bond acceptors (Lipinski definition) is 3. The van der Waals surface area contributed by atoms with Crippen molar-refractivity contribution in [3.63, 3.8) is 0 Å². The first-order valence-electron chi connectivity index (χ1n) is 7.00. The summed E-state index contributed by atoms with van der Waals surface area (Å²) in [6.07, 6.45) is 0.828. The van der Waals surface area contributed by atoms with Gasteiger partial charge in [-0.2, -0.15) is 0 Å². The third-order valence-electron chi connectivity index (χ3n) is 3.11. The quantitative estimate of drug-likeness (QED) is 0.860. The number of carbonyl (C=O) groups excluding carboxylic acids is 2. The van der Waals surface area contributed by atoms with Gasteiger partial charge in [-0.1, -0.05) is 19.1 Å². The topological polar surface area (TPSA) is 55.4 Å². The van der Waals surface area contributed by atoms with E-state index in [-0.39, 0.29) is 5.56 Å². The van der Waals surface area contributed by atoms with Gasteiger partial charge in [-0.15, -0.1) is 0 Å². The maximum Gasteiger partial charge on any atom is 0.338 e. The fourth-order valence-corrected chi connectivity index (χ4v) is 1.90. The molecule has 0 aliphatic carbocycles. The van der Waals surface area contributed by atoms with E-state index in [9.17, 15) is 18.4 Å². The van der Waals surface area contributed by atoms with E-state index in [1.54, 1.807) is 6.07 Å². The molecule has 0 radical (unpaired) electrons. The van der Waals surface area contributed by atoms with E-state index in [1.807, 2.05) is 25.1 Å². The first-order valence-corrected chi connectivity index (χ1v) is 7.00. The number of esters is 1. The molecule has 0 unspecified atom stereocenters. The van der Waals surface area contributed by atoms with Gasteiger partial charge >= 0.3 is 5.97 Å². The molecule has 0 heterocycles. The van der Waals surface area contributed by atoms with Gasteiger partial charge in [-0.05, 0) is 42.3 Å². The van der Waals surface area contributed by atoms with Gasteiger partial charge in [0.25, 0.3) is 5.91 Å². The summed E-state index contributed by atoms with van der Waals surface area (Å²) in [6, 6.07) is 9.90. The van der Waals surface area contributed by atoms with Crippen LogP contribution in [0.1, 0.15) is 22.8 Å². The second-order valence-corrected chi connectivity index (χ2v) is 4.81. The minimum Gasteiger partial charge on any atom is -0.452 e. The molecule has 120 valence electrons. The van der Waals surface area contributed by atoms with E-state index in [0.717, 1.165) is 30.2 Å². The van der Waals surface area contributed by atoms with E-state index >= 15 is 0 Å². The van der Waals surface area contributed by atoms with Gasteiger partial charge in [0.2, 0.25) is 0 Å². The summed E-state index contributed by atoms with van der Waals surface area (Å²) < 4.78 is 30.6. The number of nitrogens with one attached hydrogen (secondary N) is 1. The summed E-state index contributed by atoms with van der Waals surface area (Å²) >= 11 is 0. The standard InChI is InChI=1S/C17H15F2NO3/c1-2-11-4-3-5-13(8-11)20-16(21)10-23-17(22)12-6-7-14(18)15(19)9-12/h3-9H,2,10H2,1H3,(H,20,21). The molecule has 1 amide bonds. The molecule has 4 nitrogen and oxygen atoms in total. The summed E-state index contributed by atoms with van der Waals surface area (Å²) in [5.74, 6) is -3.63. The minimum atomic E-state index is -1.15. The van der Waals surface area contributed by atoms with Crippen LogP contribution in [0.5, 0.6) is 0 Å². The third-order valence-corrected chi connectivity index (χ3v) is 3.11. The molecule has 0 saturated carbocycles. The maximum absolute atomic E-state index is 13.0. The van der Waals surface area contributed by atoms with E-state index in [0.29, 0.717) is 5.69 Å². The number of ether oxygens (including phenoxy) is 1. The van der Waals surface area contributed by atoms with Crippen LogP contribution in [-0.2, 0) is 16.0 Å². The van der Waals surface area contributed by atoms with Gasteiger partial charge in [-0.25, -0.2) is 13.6 Å². The van der Waals surface area contributed by atoms with Crippen molar-refractivity contribution in [3.05, 3.63) is 65.2 Å².